The number of hydrogen-bond acceptors (Lipinski definition) is 2. The summed E-state index contributed by atoms with van der Waals surface area (Å²) in [6.07, 6.45) is -6.94. The van der Waals surface area contributed by atoms with Crippen molar-refractivity contribution >= 4 is 27.5 Å². The van der Waals surface area contributed by atoms with Crippen molar-refractivity contribution in [1.82, 2.24) is 5.32 Å². The molecule has 0 fully saturated rings. The topological polar surface area (TPSA) is 32.3 Å². The number of rotatable bonds is 4. The second-order valence-electron chi connectivity index (χ2n) is 3.44. The quantitative estimate of drug-likeness (QED) is 0.888. The Labute approximate surface area is 110 Å². The number of benzene rings is 1. The average Bonchev–Trinajstić information content (AvgIpc) is 2.22. The first-order valence-electron chi connectivity index (χ1n) is 4.70. The maximum absolute atomic E-state index is 12.0. The molecular formula is C10H10BrClF3NO. The van der Waals surface area contributed by atoms with Gasteiger partial charge in [-0.1, -0.05) is 17.7 Å². The maximum atomic E-state index is 12.0. The highest BCUT2D eigenvalue weighted by Crippen LogP contribution is 2.23. The predicted octanol–water partition coefficient (Wildman–Crippen LogP) is 3.12. The van der Waals surface area contributed by atoms with Crippen molar-refractivity contribution < 1.29 is 18.3 Å². The van der Waals surface area contributed by atoms with Crippen molar-refractivity contribution in [3.8, 4) is 0 Å². The van der Waals surface area contributed by atoms with E-state index in [1.54, 1.807) is 18.2 Å². The summed E-state index contributed by atoms with van der Waals surface area (Å²) in [5.74, 6) is 0. The zero-order chi connectivity index (χ0) is 13.1. The molecule has 0 radical (unpaired) electrons. The molecule has 0 saturated carbocycles. The molecule has 1 unspecified atom stereocenters. The minimum Gasteiger partial charge on any atom is -0.382 e. The molecular weight excluding hydrogens is 322 g/mol. The van der Waals surface area contributed by atoms with Crippen LogP contribution in [0, 0.1) is 0 Å². The Balaban J connectivity index is 2.44. The lowest BCUT2D eigenvalue weighted by Crippen LogP contribution is -2.38. The third-order valence-corrected chi connectivity index (χ3v) is 3.24. The molecule has 0 amide bonds. The van der Waals surface area contributed by atoms with Gasteiger partial charge in [-0.05, 0) is 33.6 Å². The summed E-state index contributed by atoms with van der Waals surface area (Å²) >= 11 is 8.98. The standard InChI is InChI=1S/C10H10BrClF3NO/c11-7-3-6(1-2-8(7)12)4-16-5-9(17)10(13,14)15/h1-3,9,16-17H,4-5H2. The summed E-state index contributed by atoms with van der Waals surface area (Å²) < 4.78 is 36.6. The fraction of sp³-hybridized carbons (Fsp3) is 0.400. The largest absolute Gasteiger partial charge is 0.415 e. The predicted molar refractivity (Wildman–Crippen MR) is 62.9 cm³/mol. The van der Waals surface area contributed by atoms with Crippen molar-refractivity contribution in [3.05, 3.63) is 33.3 Å². The number of alkyl halides is 3. The molecule has 1 atom stereocenters. The van der Waals surface area contributed by atoms with Gasteiger partial charge in [0.05, 0.1) is 5.02 Å². The first-order valence-corrected chi connectivity index (χ1v) is 5.87. The third kappa shape index (κ3) is 4.83. The number of nitrogens with one attached hydrogen (secondary N) is 1. The monoisotopic (exact) mass is 331 g/mol. The van der Waals surface area contributed by atoms with Crippen molar-refractivity contribution in [2.75, 3.05) is 6.54 Å². The highest BCUT2D eigenvalue weighted by Gasteiger charge is 2.37. The fourth-order valence-corrected chi connectivity index (χ4v) is 1.66. The Morgan fingerprint density at radius 3 is 2.59 bits per heavy atom. The Kier molecular flexibility index (Phi) is 5.24. The molecule has 1 aromatic carbocycles. The second kappa shape index (κ2) is 6.04. The van der Waals surface area contributed by atoms with Gasteiger partial charge in [0.2, 0.25) is 0 Å². The molecule has 1 rings (SSSR count). The van der Waals surface area contributed by atoms with E-state index in [0.29, 0.717) is 9.50 Å². The van der Waals surface area contributed by atoms with Crippen LogP contribution in [0.15, 0.2) is 22.7 Å². The van der Waals surface area contributed by atoms with E-state index < -0.39 is 18.8 Å². The smallest absolute Gasteiger partial charge is 0.382 e. The maximum Gasteiger partial charge on any atom is 0.415 e. The number of aliphatic hydroxyl groups excluding tert-OH is 1. The van der Waals surface area contributed by atoms with E-state index in [0.717, 1.165) is 5.56 Å². The van der Waals surface area contributed by atoms with E-state index in [1.807, 2.05) is 0 Å². The van der Waals surface area contributed by atoms with Crippen LogP contribution in [0.3, 0.4) is 0 Å². The Hall–Kier alpha value is -0.300. The fourth-order valence-electron chi connectivity index (χ4n) is 1.12. The highest BCUT2D eigenvalue weighted by molar-refractivity contribution is 9.10. The summed E-state index contributed by atoms with van der Waals surface area (Å²) in [6, 6.07) is 5.04. The molecule has 96 valence electrons. The second-order valence-corrected chi connectivity index (χ2v) is 4.70. The van der Waals surface area contributed by atoms with Gasteiger partial charge in [-0.15, -0.1) is 0 Å². The molecule has 0 aromatic heterocycles. The molecule has 0 aliphatic rings. The SMILES string of the molecule is OC(CNCc1ccc(Cl)c(Br)c1)C(F)(F)F. The van der Waals surface area contributed by atoms with Crippen molar-refractivity contribution in [1.29, 1.82) is 0 Å². The van der Waals surface area contributed by atoms with Crippen LogP contribution in [0.25, 0.3) is 0 Å². The van der Waals surface area contributed by atoms with Gasteiger partial charge in [0, 0.05) is 17.6 Å². The van der Waals surface area contributed by atoms with Gasteiger partial charge in [-0.3, -0.25) is 0 Å². The Morgan fingerprint density at radius 2 is 2.06 bits per heavy atom. The van der Waals surface area contributed by atoms with Crippen LogP contribution in [0.5, 0.6) is 0 Å². The summed E-state index contributed by atoms with van der Waals surface area (Å²) in [4.78, 5) is 0. The van der Waals surface area contributed by atoms with Gasteiger partial charge in [0.15, 0.2) is 6.10 Å². The first-order chi connectivity index (χ1) is 7.80. The van der Waals surface area contributed by atoms with Crippen LogP contribution in [0.1, 0.15) is 5.56 Å². The van der Waals surface area contributed by atoms with Crippen molar-refractivity contribution in [3.63, 3.8) is 0 Å². The van der Waals surface area contributed by atoms with Crippen LogP contribution in [-0.2, 0) is 6.54 Å². The van der Waals surface area contributed by atoms with Gasteiger partial charge < -0.3 is 10.4 Å². The zero-order valence-corrected chi connectivity index (χ0v) is 10.9. The number of halogens is 5. The third-order valence-electron chi connectivity index (χ3n) is 2.03. The Morgan fingerprint density at radius 1 is 1.41 bits per heavy atom. The molecule has 2 nitrogen and oxygen atoms in total. The average molecular weight is 333 g/mol. The van der Waals surface area contributed by atoms with E-state index >= 15 is 0 Å². The summed E-state index contributed by atoms with van der Waals surface area (Å²) in [5, 5.41) is 11.8. The van der Waals surface area contributed by atoms with E-state index in [2.05, 4.69) is 21.2 Å². The molecule has 0 bridgehead atoms. The molecule has 0 aliphatic heterocycles. The molecule has 17 heavy (non-hydrogen) atoms. The minimum atomic E-state index is -4.59. The minimum absolute atomic E-state index is 0.225. The van der Waals surface area contributed by atoms with Crippen LogP contribution < -0.4 is 5.32 Å². The lowest BCUT2D eigenvalue weighted by molar-refractivity contribution is -0.201. The molecule has 0 spiro atoms. The molecule has 0 heterocycles. The molecule has 0 saturated heterocycles. The van der Waals surface area contributed by atoms with Crippen LogP contribution >= 0.6 is 27.5 Å². The lowest BCUT2D eigenvalue weighted by Gasteiger charge is -2.15. The van der Waals surface area contributed by atoms with Crippen molar-refractivity contribution in [2.24, 2.45) is 0 Å². The molecule has 7 heteroatoms. The Bertz CT molecular complexity index is 386. The zero-order valence-electron chi connectivity index (χ0n) is 8.56. The van der Waals surface area contributed by atoms with Gasteiger partial charge in [0.1, 0.15) is 0 Å². The van der Waals surface area contributed by atoms with Gasteiger partial charge in [-0.25, -0.2) is 0 Å². The number of hydrogen-bond donors (Lipinski definition) is 2. The van der Waals surface area contributed by atoms with Gasteiger partial charge in [-0.2, -0.15) is 13.2 Å². The van der Waals surface area contributed by atoms with Crippen LogP contribution in [-0.4, -0.2) is 23.9 Å². The lowest BCUT2D eigenvalue weighted by atomic mass is 10.2. The van der Waals surface area contributed by atoms with E-state index in [1.165, 1.54) is 0 Å². The molecule has 0 aliphatic carbocycles. The summed E-state index contributed by atoms with van der Waals surface area (Å²) in [6.45, 7) is -0.313. The van der Waals surface area contributed by atoms with Gasteiger partial charge in [0.25, 0.3) is 0 Å². The number of aliphatic hydroxyl groups is 1. The van der Waals surface area contributed by atoms with Crippen LogP contribution in [0.4, 0.5) is 13.2 Å². The molecule has 2 N–H and O–H groups in total. The van der Waals surface area contributed by atoms with Crippen molar-refractivity contribution in [2.45, 2.75) is 18.8 Å². The van der Waals surface area contributed by atoms with Gasteiger partial charge >= 0.3 is 6.18 Å². The van der Waals surface area contributed by atoms with Crippen LogP contribution in [0.2, 0.25) is 5.02 Å². The highest BCUT2D eigenvalue weighted by atomic mass is 79.9. The normalized spacial score (nSPS) is 13.8. The van der Waals surface area contributed by atoms with E-state index in [-0.39, 0.29) is 6.54 Å². The van der Waals surface area contributed by atoms with E-state index in [4.69, 9.17) is 16.7 Å². The summed E-state index contributed by atoms with van der Waals surface area (Å²) in [5.41, 5.74) is 0.774. The first kappa shape index (κ1) is 14.8. The van der Waals surface area contributed by atoms with E-state index in [9.17, 15) is 13.2 Å². The molecule has 1 aromatic rings. The summed E-state index contributed by atoms with van der Waals surface area (Å²) in [7, 11) is 0.